The largest absolute Gasteiger partial charge is 0.490 e. The number of benzene rings is 2. The molecule has 134 valence electrons. The van der Waals surface area contributed by atoms with Gasteiger partial charge in [0.2, 0.25) is 5.91 Å². The van der Waals surface area contributed by atoms with E-state index in [1.54, 1.807) is 12.1 Å². The van der Waals surface area contributed by atoms with Crippen LogP contribution in [-0.4, -0.2) is 19.1 Å². The van der Waals surface area contributed by atoms with Crippen molar-refractivity contribution in [3.8, 4) is 11.5 Å². The number of anilines is 1. The summed E-state index contributed by atoms with van der Waals surface area (Å²) in [5.74, 6) is -0.714. The molecule has 0 atom stereocenters. The van der Waals surface area contributed by atoms with Gasteiger partial charge >= 0.3 is 0 Å². The maximum Gasteiger partial charge on any atom is 0.228 e. The maximum absolute atomic E-state index is 13.6. The number of hydrogen-bond donors (Lipinski definition) is 1. The van der Waals surface area contributed by atoms with Crippen LogP contribution in [0.4, 0.5) is 14.5 Å². The van der Waals surface area contributed by atoms with Crippen molar-refractivity contribution in [3.63, 3.8) is 0 Å². The highest BCUT2D eigenvalue weighted by molar-refractivity contribution is 9.10. The highest BCUT2D eigenvalue weighted by atomic mass is 79.9. The molecule has 1 N–H and O–H groups in total. The Morgan fingerprint density at radius 3 is 2.36 bits per heavy atom. The normalized spacial score (nSPS) is 10.4. The number of halogens is 3. The lowest BCUT2D eigenvalue weighted by Crippen LogP contribution is -2.16. The first kappa shape index (κ1) is 19.2. The molecule has 1 amide bonds. The Balaban J connectivity index is 2.19. The monoisotopic (exact) mass is 413 g/mol. The molecular weight excluding hydrogens is 396 g/mol. The van der Waals surface area contributed by atoms with Gasteiger partial charge in [0.05, 0.1) is 25.3 Å². The van der Waals surface area contributed by atoms with Gasteiger partial charge in [0.1, 0.15) is 11.6 Å². The predicted octanol–water partition coefficient (Wildman–Crippen LogP) is 4.71. The molecule has 2 rings (SSSR count). The number of carbonyl (C=O) groups excluding carboxylic acids is 1. The minimum Gasteiger partial charge on any atom is -0.490 e. The van der Waals surface area contributed by atoms with Crippen molar-refractivity contribution in [1.82, 2.24) is 0 Å². The van der Waals surface area contributed by atoms with Crippen LogP contribution in [0.15, 0.2) is 34.8 Å². The molecule has 2 aromatic carbocycles. The van der Waals surface area contributed by atoms with Gasteiger partial charge in [0.25, 0.3) is 0 Å². The third-order valence-corrected chi connectivity index (χ3v) is 4.00. The smallest absolute Gasteiger partial charge is 0.228 e. The first-order valence-electron chi connectivity index (χ1n) is 7.77. The zero-order chi connectivity index (χ0) is 18.4. The SMILES string of the molecule is CCOc1cc(Br)c(CC(=O)Nc2cc(F)ccc2F)cc1OCC. The van der Waals surface area contributed by atoms with Crippen molar-refractivity contribution in [2.75, 3.05) is 18.5 Å². The second kappa shape index (κ2) is 8.80. The Hall–Kier alpha value is -2.15. The summed E-state index contributed by atoms with van der Waals surface area (Å²) >= 11 is 3.39. The first-order valence-corrected chi connectivity index (χ1v) is 8.56. The Bertz CT molecular complexity index is 768. The zero-order valence-corrected chi connectivity index (χ0v) is 15.5. The number of ether oxygens (including phenoxy) is 2. The standard InChI is InChI=1S/C18H18BrF2NO3/c1-3-24-16-7-11(13(19)10-17(16)25-4-2)8-18(23)22-15-9-12(20)5-6-14(15)21/h5-7,9-10H,3-4,8H2,1-2H3,(H,22,23). The Morgan fingerprint density at radius 2 is 1.72 bits per heavy atom. The van der Waals surface area contributed by atoms with Gasteiger partial charge in [0.15, 0.2) is 11.5 Å². The van der Waals surface area contributed by atoms with Crippen LogP contribution in [0, 0.1) is 11.6 Å². The van der Waals surface area contributed by atoms with Gasteiger partial charge in [-0.05, 0) is 43.7 Å². The molecule has 7 heteroatoms. The molecule has 0 saturated carbocycles. The number of rotatable bonds is 7. The van der Waals surface area contributed by atoms with E-state index < -0.39 is 17.5 Å². The molecule has 25 heavy (non-hydrogen) atoms. The van der Waals surface area contributed by atoms with Crippen LogP contribution in [0.1, 0.15) is 19.4 Å². The van der Waals surface area contributed by atoms with Crippen LogP contribution in [0.3, 0.4) is 0 Å². The molecule has 0 bridgehead atoms. The number of carbonyl (C=O) groups is 1. The summed E-state index contributed by atoms with van der Waals surface area (Å²) < 4.78 is 38.5. The Morgan fingerprint density at radius 1 is 1.08 bits per heavy atom. The predicted molar refractivity (Wildman–Crippen MR) is 95.2 cm³/mol. The van der Waals surface area contributed by atoms with Gasteiger partial charge in [0, 0.05) is 10.5 Å². The molecule has 0 aliphatic heterocycles. The van der Waals surface area contributed by atoms with E-state index in [-0.39, 0.29) is 12.1 Å². The fourth-order valence-electron chi connectivity index (χ4n) is 2.21. The number of nitrogens with one attached hydrogen (secondary N) is 1. The molecular formula is C18H18BrF2NO3. The average molecular weight is 414 g/mol. The molecule has 0 aromatic heterocycles. The zero-order valence-electron chi connectivity index (χ0n) is 13.9. The van der Waals surface area contributed by atoms with Gasteiger partial charge in [-0.25, -0.2) is 8.78 Å². The van der Waals surface area contributed by atoms with Gasteiger partial charge in [-0.1, -0.05) is 15.9 Å². The van der Waals surface area contributed by atoms with E-state index in [4.69, 9.17) is 9.47 Å². The van der Waals surface area contributed by atoms with E-state index in [2.05, 4.69) is 21.2 Å². The van der Waals surface area contributed by atoms with Crippen molar-refractivity contribution in [2.24, 2.45) is 0 Å². The summed E-state index contributed by atoms with van der Waals surface area (Å²) in [6.07, 6.45) is -0.0387. The molecule has 0 aliphatic carbocycles. The van der Waals surface area contributed by atoms with E-state index in [0.29, 0.717) is 34.7 Å². The Kier molecular flexibility index (Phi) is 6.75. The highest BCUT2D eigenvalue weighted by Gasteiger charge is 2.15. The summed E-state index contributed by atoms with van der Waals surface area (Å²) in [6, 6.07) is 6.30. The van der Waals surface area contributed by atoms with Crippen LogP contribution in [0.2, 0.25) is 0 Å². The summed E-state index contributed by atoms with van der Waals surface area (Å²) in [7, 11) is 0. The summed E-state index contributed by atoms with van der Waals surface area (Å²) in [6.45, 7) is 4.63. The van der Waals surface area contributed by atoms with E-state index in [1.165, 1.54) is 0 Å². The van der Waals surface area contributed by atoms with Gasteiger partial charge < -0.3 is 14.8 Å². The topological polar surface area (TPSA) is 47.6 Å². The van der Waals surface area contributed by atoms with Crippen LogP contribution < -0.4 is 14.8 Å². The lowest BCUT2D eigenvalue weighted by atomic mass is 10.1. The van der Waals surface area contributed by atoms with Gasteiger partial charge in [-0.3, -0.25) is 4.79 Å². The molecule has 0 saturated heterocycles. The fourth-order valence-corrected chi connectivity index (χ4v) is 2.67. The van der Waals surface area contributed by atoms with Crippen molar-refractivity contribution in [1.29, 1.82) is 0 Å². The van der Waals surface area contributed by atoms with E-state index in [0.717, 1.165) is 18.2 Å². The summed E-state index contributed by atoms with van der Waals surface area (Å²) in [5, 5.41) is 2.37. The average Bonchev–Trinajstić information content (AvgIpc) is 2.55. The molecule has 0 aliphatic rings. The van der Waals surface area contributed by atoms with E-state index >= 15 is 0 Å². The third kappa shape index (κ3) is 5.16. The van der Waals surface area contributed by atoms with Crippen LogP contribution in [0.5, 0.6) is 11.5 Å². The lowest BCUT2D eigenvalue weighted by Gasteiger charge is -2.14. The minimum atomic E-state index is -0.699. The quantitative estimate of drug-likeness (QED) is 0.714. The van der Waals surface area contributed by atoms with Crippen molar-refractivity contribution in [3.05, 3.63) is 52.0 Å². The van der Waals surface area contributed by atoms with Gasteiger partial charge in [-0.15, -0.1) is 0 Å². The molecule has 0 unspecified atom stereocenters. The third-order valence-electron chi connectivity index (χ3n) is 3.27. The van der Waals surface area contributed by atoms with Crippen LogP contribution in [0.25, 0.3) is 0 Å². The van der Waals surface area contributed by atoms with E-state index in [1.807, 2.05) is 13.8 Å². The number of hydrogen-bond acceptors (Lipinski definition) is 3. The molecule has 0 fully saturated rings. The minimum absolute atomic E-state index is 0.0387. The maximum atomic E-state index is 13.6. The molecule has 0 radical (unpaired) electrons. The fraction of sp³-hybridized carbons (Fsp3) is 0.278. The van der Waals surface area contributed by atoms with E-state index in [9.17, 15) is 13.6 Å². The lowest BCUT2D eigenvalue weighted by molar-refractivity contribution is -0.115. The second-order valence-corrected chi connectivity index (χ2v) is 5.96. The first-order chi connectivity index (χ1) is 11.9. The summed E-state index contributed by atoms with van der Waals surface area (Å²) in [5.41, 5.74) is 0.443. The Labute approximate surface area is 153 Å². The molecule has 2 aromatic rings. The molecule has 0 spiro atoms. The van der Waals surface area contributed by atoms with Crippen LogP contribution >= 0.6 is 15.9 Å². The van der Waals surface area contributed by atoms with Crippen LogP contribution in [-0.2, 0) is 11.2 Å². The second-order valence-electron chi connectivity index (χ2n) is 5.11. The van der Waals surface area contributed by atoms with Crippen molar-refractivity contribution < 1.29 is 23.0 Å². The number of amides is 1. The molecule has 4 nitrogen and oxygen atoms in total. The summed E-state index contributed by atoms with van der Waals surface area (Å²) in [4.78, 5) is 12.2. The van der Waals surface area contributed by atoms with Gasteiger partial charge in [-0.2, -0.15) is 0 Å². The van der Waals surface area contributed by atoms with Crippen molar-refractivity contribution >= 4 is 27.5 Å². The van der Waals surface area contributed by atoms with Crippen molar-refractivity contribution in [2.45, 2.75) is 20.3 Å². The molecule has 0 heterocycles. The highest BCUT2D eigenvalue weighted by Crippen LogP contribution is 2.34.